The van der Waals surface area contributed by atoms with Crippen LogP contribution < -0.4 is 0 Å². The molecule has 1 unspecified atom stereocenters. The molecule has 2 rings (SSSR count). The predicted octanol–water partition coefficient (Wildman–Crippen LogP) is 6.01. The summed E-state index contributed by atoms with van der Waals surface area (Å²) in [4.78, 5) is 0. The molecule has 0 aromatic heterocycles. The van der Waals surface area contributed by atoms with Gasteiger partial charge in [-0.3, -0.25) is 0 Å². The molecule has 0 radical (unpaired) electrons. The number of alkyl halides is 1. The molecule has 5 heteroatoms. The van der Waals surface area contributed by atoms with Crippen LogP contribution in [0, 0.1) is 11.6 Å². The van der Waals surface area contributed by atoms with E-state index in [4.69, 9.17) is 11.6 Å². The molecule has 2 aromatic carbocycles. The Labute approximate surface area is 132 Å². The Morgan fingerprint density at radius 1 is 1.05 bits per heavy atom. The molecule has 0 nitrogen and oxygen atoms in total. The maximum Gasteiger partial charge on any atom is 0.129 e. The van der Waals surface area contributed by atoms with Gasteiger partial charge in [0, 0.05) is 14.5 Å². The van der Waals surface area contributed by atoms with Gasteiger partial charge in [-0.05, 0) is 36.2 Å². The first-order valence-corrected chi connectivity index (χ1v) is 7.53. The van der Waals surface area contributed by atoms with E-state index in [2.05, 4.69) is 31.9 Å². The molecule has 0 amide bonds. The average Bonchev–Trinajstić information content (AvgIpc) is 2.33. The summed E-state index contributed by atoms with van der Waals surface area (Å²) in [6.45, 7) is 0. The van der Waals surface area contributed by atoms with Crippen LogP contribution in [0.2, 0.25) is 0 Å². The Kier molecular flexibility index (Phi) is 4.98. The van der Waals surface area contributed by atoms with Gasteiger partial charge in [0.25, 0.3) is 0 Å². The highest BCUT2D eigenvalue weighted by atomic mass is 79.9. The molecule has 0 aliphatic rings. The second-order valence-electron chi connectivity index (χ2n) is 4.04. The van der Waals surface area contributed by atoms with E-state index in [-0.39, 0.29) is 12.0 Å². The van der Waals surface area contributed by atoms with E-state index in [1.807, 2.05) is 18.2 Å². The number of benzene rings is 2. The molecular weight excluding hydrogens is 401 g/mol. The molecule has 0 aliphatic heterocycles. The zero-order valence-electron chi connectivity index (χ0n) is 9.64. The van der Waals surface area contributed by atoms with Gasteiger partial charge in [-0.25, -0.2) is 8.78 Å². The Bertz CT molecular complexity index is 582. The van der Waals surface area contributed by atoms with Crippen LogP contribution in [0.3, 0.4) is 0 Å². The van der Waals surface area contributed by atoms with Crippen LogP contribution in [0.1, 0.15) is 16.5 Å². The molecule has 0 heterocycles. The first kappa shape index (κ1) is 14.9. The first-order valence-electron chi connectivity index (χ1n) is 5.51. The van der Waals surface area contributed by atoms with Crippen molar-refractivity contribution in [1.29, 1.82) is 0 Å². The molecule has 0 N–H and O–H groups in total. The third-order valence-electron chi connectivity index (χ3n) is 2.74. The maximum atomic E-state index is 13.6. The van der Waals surface area contributed by atoms with Crippen LogP contribution >= 0.6 is 43.5 Å². The zero-order valence-corrected chi connectivity index (χ0v) is 13.6. The van der Waals surface area contributed by atoms with E-state index < -0.39 is 17.0 Å². The van der Waals surface area contributed by atoms with Crippen LogP contribution in [0.5, 0.6) is 0 Å². The Hall–Kier alpha value is -0.450. The highest BCUT2D eigenvalue weighted by Gasteiger charge is 2.17. The van der Waals surface area contributed by atoms with E-state index in [1.165, 1.54) is 18.2 Å². The predicted molar refractivity (Wildman–Crippen MR) is 80.5 cm³/mol. The molecule has 0 fully saturated rings. The number of rotatable bonds is 3. The number of halogens is 5. The third kappa shape index (κ3) is 3.56. The van der Waals surface area contributed by atoms with Crippen molar-refractivity contribution in [3.63, 3.8) is 0 Å². The van der Waals surface area contributed by atoms with Crippen molar-refractivity contribution >= 4 is 43.5 Å². The number of hydrogen-bond acceptors (Lipinski definition) is 0. The fraction of sp³-hybridized carbons (Fsp3) is 0.143. The topological polar surface area (TPSA) is 0 Å². The van der Waals surface area contributed by atoms with Crippen LogP contribution in [0.4, 0.5) is 8.78 Å². The minimum atomic E-state index is -0.570. The van der Waals surface area contributed by atoms with E-state index in [0.717, 1.165) is 14.5 Å². The summed E-state index contributed by atoms with van der Waals surface area (Å²) in [5.41, 5.74) is 0.810. The van der Waals surface area contributed by atoms with Gasteiger partial charge in [-0.15, -0.1) is 11.6 Å². The summed E-state index contributed by atoms with van der Waals surface area (Å²) in [6.07, 6.45) is 0.0975. The van der Waals surface area contributed by atoms with Crippen LogP contribution in [-0.2, 0) is 6.42 Å². The fourth-order valence-corrected chi connectivity index (χ4v) is 3.57. The van der Waals surface area contributed by atoms with Crippen molar-refractivity contribution in [1.82, 2.24) is 0 Å². The standard InChI is InChI=1S/C14H9Br2ClF2/c15-8-4-5-9(11(16)6-8)12(17)7-10-13(18)2-1-3-14(10)19/h1-6,12H,7H2. The Balaban J connectivity index is 2.28. The third-order valence-corrected chi connectivity index (χ3v) is 4.31. The molecule has 2 aromatic rings. The zero-order chi connectivity index (χ0) is 14.0. The Morgan fingerprint density at radius 2 is 1.68 bits per heavy atom. The van der Waals surface area contributed by atoms with Crippen molar-refractivity contribution in [3.05, 3.63) is 68.1 Å². The molecule has 0 aliphatic carbocycles. The fourth-order valence-electron chi connectivity index (χ4n) is 1.77. The molecule has 0 bridgehead atoms. The van der Waals surface area contributed by atoms with Gasteiger partial charge < -0.3 is 0 Å². The highest BCUT2D eigenvalue weighted by molar-refractivity contribution is 9.11. The molecule has 0 spiro atoms. The van der Waals surface area contributed by atoms with Crippen molar-refractivity contribution in [2.24, 2.45) is 0 Å². The van der Waals surface area contributed by atoms with E-state index >= 15 is 0 Å². The minimum Gasteiger partial charge on any atom is -0.207 e. The second-order valence-corrected chi connectivity index (χ2v) is 6.33. The van der Waals surface area contributed by atoms with Crippen LogP contribution in [0.15, 0.2) is 45.3 Å². The largest absolute Gasteiger partial charge is 0.207 e. The van der Waals surface area contributed by atoms with E-state index in [1.54, 1.807) is 0 Å². The number of hydrogen-bond donors (Lipinski definition) is 0. The second kappa shape index (κ2) is 6.33. The summed E-state index contributed by atoms with van der Waals surface area (Å²) in [6, 6.07) is 9.32. The molecule has 0 saturated heterocycles. The monoisotopic (exact) mass is 408 g/mol. The quantitative estimate of drug-likeness (QED) is 0.544. The maximum absolute atomic E-state index is 13.6. The normalized spacial score (nSPS) is 12.5. The minimum absolute atomic E-state index is 0.0114. The van der Waals surface area contributed by atoms with E-state index in [0.29, 0.717) is 0 Å². The summed E-state index contributed by atoms with van der Waals surface area (Å²) in [5, 5.41) is -0.506. The molecule has 19 heavy (non-hydrogen) atoms. The van der Waals surface area contributed by atoms with Gasteiger partial charge in [-0.2, -0.15) is 0 Å². The molecule has 100 valence electrons. The lowest BCUT2D eigenvalue weighted by atomic mass is 10.0. The summed E-state index contributed by atoms with van der Waals surface area (Å²) >= 11 is 13.0. The summed E-state index contributed by atoms with van der Waals surface area (Å²) in [7, 11) is 0. The van der Waals surface area contributed by atoms with Gasteiger partial charge in [0.2, 0.25) is 0 Å². The lowest BCUT2D eigenvalue weighted by molar-refractivity contribution is 0.553. The molecule has 1 atom stereocenters. The average molecular weight is 410 g/mol. The molecule has 0 saturated carbocycles. The highest BCUT2D eigenvalue weighted by Crippen LogP contribution is 2.33. The van der Waals surface area contributed by atoms with Crippen molar-refractivity contribution in [2.45, 2.75) is 11.8 Å². The van der Waals surface area contributed by atoms with Gasteiger partial charge in [0.15, 0.2) is 0 Å². The summed E-state index contributed by atoms with van der Waals surface area (Å²) < 4.78 is 28.9. The van der Waals surface area contributed by atoms with Gasteiger partial charge in [0.1, 0.15) is 11.6 Å². The van der Waals surface area contributed by atoms with Gasteiger partial charge >= 0.3 is 0 Å². The Morgan fingerprint density at radius 3 is 2.26 bits per heavy atom. The lowest BCUT2D eigenvalue weighted by Crippen LogP contribution is -2.02. The summed E-state index contributed by atoms with van der Waals surface area (Å²) in [5.74, 6) is -1.14. The van der Waals surface area contributed by atoms with Crippen molar-refractivity contribution < 1.29 is 8.78 Å². The van der Waals surface area contributed by atoms with Crippen LogP contribution in [0.25, 0.3) is 0 Å². The first-order chi connectivity index (χ1) is 8.99. The van der Waals surface area contributed by atoms with Gasteiger partial charge in [-0.1, -0.05) is 44.0 Å². The van der Waals surface area contributed by atoms with E-state index in [9.17, 15) is 8.78 Å². The molecular formula is C14H9Br2ClF2. The van der Waals surface area contributed by atoms with Crippen LogP contribution in [-0.4, -0.2) is 0 Å². The van der Waals surface area contributed by atoms with Gasteiger partial charge in [0.05, 0.1) is 5.38 Å². The lowest BCUT2D eigenvalue weighted by Gasteiger charge is -2.13. The van der Waals surface area contributed by atoms with Crippen molar-refractivity contribution in [3.8, 4) is 0 Å². The van der Waals surface area contributed by atoms with Crippen molar-refractivity contribution in [2.75, 3.05) is 0 Å². The smallest absolute Gasteiger partial charge is 0.129 e. The SMILES string of the molecule is Fc1cccc(F)c1CC(Cl)c1ccc(Br)cc1Br.